The molecule has 1 saturated heterocycles. The average molecular weight is 257 g/mol. The summed E-state index contributed by atoms with van der Waals surface area (Å²) in [5.74, 6) is 0.625. The summed E-state index contributed by atoms with van der Waals surface area (Å²) in [5, 5.41) is 9.42. The molecule has 1 fully saturated rings. The molecule has 1 N–H and O–H groups in total. The number of fused-ring (bicyclic) bond motifs is 3. The number of aromatic nitrogens is 2. The summed E-state index contributed by atoms with van der Waals surface area (Å²) in [4.78, 5) is 0. The van der Waals surface area contributed by atoms with E-state index < -0.39 is 0 Å². The molecule has 0 amide bonds. The Labute approximate surface area is 112 Å². The first-order valence-electron chi connectivity index (χ1n) is 7.21. The second-order valence-electron chi connectivity index (χ2n) is 5.50. The lowest BCUT2D eigenvalue weighted by Crippen LogP contribution is -2.35. The largest absolute Gasteiger partial charge is 0.370 e. The molecule has 2 aliphatic rings. The number of rotatable bonds is 1. The number of ether oxygens (including phenoxy) is 1. The van der Waals surface area contributed by atoms with E-state index in [4.69, 9.17) is 9.84 Å². The number of nitrogens with zero attached hydrogens (tertiary/aromatic N) is 2. The molecule has 4 rings (SSSR count). The minimum atomic E-state index is 0.225. The first-order valence-corrected chi connectivity index (χ1v) is 7.21. The molecule has 2 aliphatic heterocycles. The van der Waals surface area contributed by atoms with Gasteiger partial charge < -0.3 is 10.1 Å². The summed E-state index contributed by atoms with van der Waals surface area (Å²) in [7, 11) is 0. The van der Waals surface area contributed by atoms with Gasteiger partial charge in [-0.2, -0.15) is 5.10 Å². The Bertz CT molecular complexity index is 586. The highest BCUT2D eigenvalue weighted by Gasteiger charge is 2.32. The number of benzene rings is 1. The zero-order chi connectivity index (χ0) is 12.7. The molecule has 0 saturated carbocycles. The topological polar surface area (TPSA) is 39.1 Å². The fourth-order valence-corrected chi connectivity index (χ4v) is 3.42. The third kappa shape index (κ3) is 1.86. The van der Waals surface area contributed by atoms with E-state index in [1.54, 1.807) is 0 Å². The van der Waals surface area contributed by atoms with E-state index in [2.05, 4.69) is 34.3 Å². The molecule has 0 bridgehead atoms. The van der Waals surface area contributed by atoms with Gasteiger partial charge in [-0.15, -0.1) is 0 Å². The quantitative estimate of drug-likeness (QED) is 0.850. The van der Waals surface area contributed by atoms with Gasteiger partial charge in [-0.3, -0.25) is 4.68 Å². The van der Waals surface area contributed by atoms with Gasteiger partial charge in [-0.05, 0) is 37.9 Å². The van der Waals surface area contributed by atoms with Crippen molar-refractivity contribution in [1.29, 1.82) is 0 Å². The van der Waals surface area contributed by atoms with Gasteiger partial charge in [-0.1, -0.05) is 18.2 Å². The molecule has 1 atom stereocenters. The highest BCUT2D eigenvalue weighted by atomic mass is 16.5. The molecule has 4 heteroatoms. The van der Waals surface area contributed by atoms with Gasteiger partial charge in [0.15, 0.2) is 0 Å². The van der Waals surface area contributed by atoms with E-state index in [-0.39, 0.29) is 6.10 Å². The standard InChI is InChI=1S/C15H19N3O/c1-2-4-13-12(3-1)14-15(11-5-7-16-8-6-11)19-10-9-18(14)17-13/h1-4,11,15-16H,5-10H2. The molecule has 1 unspecified atom stereocenters. The Morgan fingerprint density at radius 1 is 1.21 bits per heavy atom. The Morgan fingerprint density at radius 3 is 2.95 bits per heavy atom. The third-order valence-electron chi connectivity index (χ3n) is 4.37. The molecule has 19 heavy (non-hydrogen) atoms. The predicted octanol–water partition coefficient (Wildman–Crippen LogP) is 2.11. The fourth-order valence-electron chi connectivity index (χ4n) is 3.42. The summed E-state index contributed by atoms with van der Waals surface area (Å²) < 4.78 is 8.29. The Balaban J connectivity index is 1.80. The van der Waals surface area contributed by atoms with Crippen molar-refractivity contribution in [2.45, 2.75) is 25.5 Å². The molecule has 0 aliphatic carbocycles. The van der Waals surface area contributed by atoms with Crippen LogP contribution in [0.4, 0.5) is 0 Å². The van der Waals surface area contributed by atoms with Crippen LogP contribution in [0.15, 0.2) is 24.3 Å². The smallest absolute Gasteiger partial charge is 0.103 e. The van der Waals surface area contributed by atoms with Crippen LogP contribution in [0, 0.1) is 5.92 Å². The summed E-state index contributed by atoms with van der Waals surface area (Å²) in [6.07, 6.45) is 2.62. The van der Waals surface area contributed by atoms with E-state index in [0.29, 0.717) is 5.92 Å². The maximum Gasteiger partial charge on any atom is 0.103 e. The molecule has 0 radical (unpaired) electrons. The van der Waals surface area contributed by atoms with Gasteiger partial charge in [0, 0.05) is 5.39 Å². The van der Waals surface area contributed by atoms with E-state index >= 15 is 0 Å². The number of hydrogen-bond donors (Lipinski definition) is 1. The molecule has 2 aromatic rings. The molecule has 4 nitrogen and oxygen atoms in total. The van der Waals surface area contributed by atoms with Crippen LogP contribution in [-0.4, -0.2) is 29.5 Å². The van der Waals surface area contributed by atoms with Crippen molar-refractivity contribution in [3.8, 4) is 0 Å². The van der Waals surface area contributed by atoms with Crippen molar-refractivity contribution >= 4 is 10.9 Å². The van der Waals surface area contributed by atoms with Crippen molar-refractivity contribution in [2.75, 3.05) is 19.7 Å². The zero-order valence-corrected chi connectivity index (χ0v) is 11.0. The van der Waals surface area contributed by atoms with E-state index in [1.807, 2.05) is 0 Å². The summed E-state index contributed by atoms with van der Waals surface area (Å²) in [5.41, 5.74) is 2.40. The van der Waals surface area contributed by atoms with Crippen LogP contribution >= 0.6 is 0 Å². The normalized spacial score (nSPS) is 24.5. The van der Waals surface area contributed by atoms with Gasteiger partial charge in [0.1, 0.15) is 6.10 Å². The summed E-state index contributed by atoms with van der Waals surface area (Å²) in [6, 6.07) is 8.43. The SMILES string of the molecule is c1ccc2c3n(nc2c1)CCOC3C1CCNCC1. The molecular weight excluding hydrogens is 238 g/mol. The van der Waals surface area contributed by atoms with Crippen LogP contribution in [0.25, 0.3) is 10.9 Å². The van der Waals surface area contributed by atoms with Gasteiger partial charge in [0.2, 0.25) is 0 Å². The van der Waals surface area contributed by atoms with Crippen LogP contribution in [-0.2, 0) is 11.3 Å². The molecule has 3 heterocycles. The van der Waals surface area contributed by atoms with Crippen LogP contribution in [0.5, 0.6) is 0 Å². The third-order valence-corrected chi connectivity index (χ3v) is 4.37. The van der Waals surface area contributed by atoms with E-state index in [1.165, 1.54) is 23.9 Å². The van der Waals surface area contributed by atoms with Crippen LogP contribution in [0.2, 0.25) is 0 Å². The Kier molecular flexibility index (Phi) is 2.78. The van der Waals surface area contributed by atoms with Crippen molar-refractivity contribution in [3.05, 3.63) is 30.0 Å². The number of hydrogen-bond acceptors (Lipinski definition) is 3. The Hall–Kier alpha value is -1.39. The van der Waals surface area contributed by atoms with Crippen LogP contribution in [0.1, 0.15) is 24.6 Å². The van der Waals surface area contributed by atoms with Crippen molar-refractivity contribution < 1.29 is 4.74 Å². The first-order chi connectivity index (χ1) is 9.43. The van der Waals surface area contributed by atoms with Crippen molar-refractivity contribution in [3.63, 3.8) is 0 Å². The minimum absolute atomic E-state index is 0.225. The lowest BCUT2D eigenvalue weighted by molar-refractivity contribution is -0.0276. The maximum absolute atomic E-state index is 6.12. The number of nitrogens with one attached hydrogen (secondary N) is 1. The second kappa shape index (κ2) is 4.62. The van der Waals surface area contributed by atoms with Gasteiger partial charge in [0.05, 0.1) is 24.4 Å². The monoisotopic (exact) mass is 257 g/mol. The molecular formula is C15H19N3O. The molecule has 100 valence electrons. The summed E-state index contributed by atoms with van der Waals surface area (Å²) >= 11 is 0. The lowest BCUT2D eigenvalue weighted by Gasteiger charge is -2.33. The second-order valence-corrected chi connectivity index (χ2v) is 5.50. The van der Waals surface area contributed by atoms with Gasteiger partial charge in [-0.25, -0.2) is 0 Å². The van der Waals surface area contributed by atoms with Crippen molar-refractivity contribution in [2.24, 2.45) is 5.92 Å². The highest BCUT2D eigenvalue weighted by Crippen LogP contribution is 2.37. The first kappa shape index (κ1) is 11.4. The van der Waals surface area contributed by atoms with Gasteiger partial charge in [0.25, 0.3) is 0 Å². The van der Waals surface area contributed by atoms with E-state index in [9.17, 15) is 0 Å². The molecule has 1 aromatic carbocycles. The average Bonchev–Trinajstić information content (AvgIpc) is 2.86. The van der Waals surface area contributed by atoms with E-state index in [0.717, 1.165) is 31.8 Å². The predicted molar refractivity (Wildman–Crippen MR) is 74.0 cm³/mol. The van der Waals surface area contributed by atoms with Crippen LogP contribution in [0.3, 0.4) is 0 Å². The highest BCUT2D eigenvalue weighted by molar-refractivity contribution is 5.82. The van der Waals surface area contributed by atoms with Crippen molar-refractivity contribution in [1.82, 2.24) is 15.1 Å². The minimum Gasteiger partial charge on any atom is -0.370 e. The zero-order valence-electron chi connectivity index (χ0n) is 11.0. The molecule has 0 spiro atoms. The fraction of sp³-hybridized carbons (Fsp3) is 0.533. The maximum atomic E-state index is 6.12. The Morgan fingerprint density at radius 2 is 2.05 bits per heavy atom. The lowest BCUT2D eigenvalue weighted by atomic mass is 9.88. The van der Waals surface area contributed by atoms with Crippen LogP contribution < -0.4 is 5.32 Å². The molecule has 1 aromatic heterocycles. The summed E-state index contributed by atoms with van der Waals surface area (Å²) in [6.45, 7) is 3.88. The van der Waals surface area contributed by atoms with Gasteiger partial charge >= 0.3 is 0 Å². The number of piperidine rings is 1.